The minimum atomic E-state index is 0.725. The van der Waals surface area contributed by atoms with E-state index in [9.17, 15) is 0 Å². The first-order valence-electron chi connectivity index (χ1n) is 10.7. The van der Waals surface area contributed by atoms with Crippen LogP contribution in [-0.2, 0) is 0 Å². The van der Waals surface area contributed by atoms with Crippen molar-refractivity contribution in [3.8, 4) is 11.8 Å². The average Bonchev–Trinajstić information content (AvgIpc) is 2.76. The fourth-order valence-electron chi connectivity index (χ4n) is 4.68. The van der Waals surface area contributed by atoms with Crippen LogP contribution in [0, 0.1) is 11.8 Å². The number of benzene rings is 2. The Hall–Kier alpha value is -2.04. The molecular weight excluding hydrogens is 326 g/mol. The lowest BCUT2D eigenvalue weighted by atomic mass is 9.84. The van der Waals surface area contributed by atoms with Crippen LogP contribution in [0.2, 0.25) is 0 Å². The zero-order valence-corrected chi connectivity index (χ0v) is 16.4. The Morgan fingerprint density at radius 2 is 1.33 bits per heavy atom. The van der Waals surface area contributed by atoms with Crippen molar-refractivity contribution in [1.82, 2.24) is 4.90 Å². The number of likely N-dealkylation sites (tertiary alicyclic amines) is 1. The van der Waals surface area contributed by atoms with E-state index in [0.717, 1.165) is 37.0 Å². The summed E-state index contributed by atoms with van der Waals surface area (Å²) in [5.74, 6) is 8.28. The van der Waals surface area contributed by atoms with Crippen molar-refractivity contribution in [3.63, 3.8) is 0 Å². The quantitative estimate of drug-likeness (QED) is 0.612. The lowest BCUT2D eigenvalue weighted by Gasteiger charge is -2.30. The van der Waals surface area contributed by atoms with Crippen LogP contribution in [0.1, 0.15) is 73.5 Å². The van der Waals surface area contributed by atoms with Crippen LogP contribution in [-0.4, -0.2) is 24.5 Å². The molecule has 1 heterocycles. The third-order valence-corrected chi connectivity index (χ3v) is 6.38. The maximum Gasteiger partial charge on any atom is 0.0605 e. The second-order valence-corrected chi connectivity index (χ2v) is 8.22. The molecule has 1 saturated carbocycles. The maximum atomic E-state index is 3.40. The Bertz CT molecular complexity index is 751. The summed E-state index contributed by atoms with van der Waals surface area (Å²) in [6.07, 6.45) is 9.44. The first-order valence-corrected chi connectivity index (χ1v) is 10.7. The fraction of sp³-hybridized carbons (Fsp3) is 0.462. The smallest absolute Gasteiger partial charge is 0.0605 e. The largest absolute Gasteiger partial charge is 0.292 e. The van der Waals surface area contributed by atoms with Gasteiger partial charge in [-0.1, -0.05) is 73.6 Å². The highest BCUT2D eigenvalue weighted by Crippen LogP contribution is 2.32. The Morgan fingerprint density at radius 3 is 2.04 bits per heavy atom. The predicted molar refractivity (Wildman–Crippen MR) is 114 cm³/mol. The Morgan fingerprint density at radius 1 is 0.704 bits per heavy atom. The van der Waals surface area contributed by atoms with Gasteiger partial charge in [0.1, 0.15) is 0 Å². The van der Waals surface area contributed by atoms with E-state index in [1.165, 1.54) is 56.1 Å². The van der Waals surface area contributed by atoms with Gasteiger partial charge >= 0.3 is 0 Å². The highest BCUT2D eigenvalue weighted by Gasteiger charge is 2.19. The molecule has 0 amide bonds. The molecule has 0 spiro atoms. The molecule has 2 fully saturated rings. The zero-order chi connectivity index (χ0) is 18.3. The molecule has 1 saturated heterocycles. The van der Waals surface area contributed by atoms with Crippen molar-refractivity contribution < 1.29 is 0 Å². The summed E-state index contributed by atoms with van der Waals surface area (Å²) < 4.78 is 0. The molecule has 0 N–H and O–H groups in total. The van der Waals surface area contributed by atoms with Gasteiger partial charge in [0.15, 0.2) is 0 Å². The standard InChI is InChI=1S/C26H31N/c1-3-9-23(10-4-1)25-15-13-22(14-16-25)8-7-19-27-20-17-26(18-21-27)24-11-5-2-6-12-24/h2,5-6,11-16,23,26H,1,3-4,9-10,17-21H2. The number of nitrogens with zero attached hydrogens (tertiary/aromatic N) is 1. The normalized spacial score (nSPS) is 19.4. The van der Waals surface area contributed by atoms with Gasteiger partial charge in [-0.25, -0.2) is 0 Å². The van der Waals surface area contributed by atoms with E-state index in [1.807, 2.05) is 0 Å². The lowest BCUT2D eigenvalue weighted by molar-refractivity contribution is 0.236. The van der Waals surface area contributed by atoms with E-state index in [4.69, 9.17) is 0 Å². The Labute approximate surface area is 164 Å². The molecule has 0 atom stereocenters. The highest BCUT2D eigenvalue weighted by molar-refractivity contribution is 5.37. The maximum absolute atomic E-state index is 3.40. The number of rotatable bonds is 3. The monoisotopic (exact) mass is 357 g/mol. The zero-order valence-electron chi connectivity index (χ0n) is 16.4. The third-order valence-electron chi connectivity index (χ3n) is 6.38. The van der Waals surface area contributed by atoms with Gasteiger partial charge in [0.05, 0.1) is 6.54 Å². The van der Waals surface area contributed by atoms with Gasteiger partial charge < -0.3 is 0 Å². The van der Waals surface area contributed by atoms with Crippen molar-refractivity contribution in [2.75, 3.05) is 19.6 Å². The van der Waals surface area contributed by atoms with Crippen LogP contribution >= 0.6 is 0 Å². The Kier molecular flexibility index (Phi) is 6.28. The summed E-state index contributed by atoms with van der Waals surface area (Å²) in [5, 5.41) is 0. The van der Waals surface area contributed by atoms with Gasteiger partial charge in [-0.05, 0) is 73.9 Å². The molecule has 1 heteroatoms. The van der Waals surface area contributed by atoms with Gasteiger partial charge in [-0.2, -0.15) is 0 Å². The topological polar surface area (TPSA) is 3.24 Å². The van der Waals surface area contributed by atoms with E-state index < -0.39 is 0 Å². The van der Waals surface area contributed by atoms with Crippen LogP contribution in [0.25, 0.3) is 0 Å². The van der Waals surface area contributed by atoms with Crippen molar-refractivity contribution in [3.05, 3.63) is 71.3 Å². The first kappa shape index (κ1) is 18.3. The highest BCUT2D eigenvalue weighted by atomic mass is 15.1. The molecule has 1 nitrogen and oxygen atoms in total. The SMILES string of the molecule is C(#Cc1ccc(C2CCCCC2)cc1)CN1CCC(c2ccccc2)CC1. The molecule has 0 bridgehead atoms. The van der Waals surface area contributed by atoms with Gasteiger partial charge in [-0.15, -0.1) is 0 Å². The van der Waals surface area contributed by atoms with E-state index in [2.05, 4.69) is 71.3 Å². The summed E-state index contributed by atoms with van der Waals surface area (Å²) in [7, 11) is 0. The predicted octanol–water partition coefficient (Wildman–Crippen LogP) is 5.97. The minimum absolute atomic E-state index is 0.725. The van der Waals surface area contributed by atoms with E-state index in [1.54, 1.807) is 0 Å². The summed E-state index contributed by atoms with van der Waals surface area (Å²) in [4.78, 5) is 2.50. The average molecular weight is 358 g/mol. The molecule has 4 rings (SSSR count). The van der Waals surface area contributed by atoms with Crippen molar-refractivity contribution >= 4 is 0 Å². The lowest BCUT2D eigenvalue weighted by Crippen LogP contribution is -2.33. The molecule has 140 valence electrons. The molecule has 0 radical (unpaired) electrons. The Balaban J connectivity index is 1.26. The molecule has 27 heavy (non-hydrogen) atoms. The molecule has 2 aromatic carbocycles. The fourth-order valence-corrected chi connectivity index (χ4v) is 4.68. The van der Waals surface area contributed by atoms with Crippen LogP contribution in [0.5, 0.6) is 0 Å². The van der Waals surface area contributed by atoms with Gasteiger partial charge in [-0.3, -0.25) is 4.90 Å². The van der Waals surface area contributed by atoms with E-state index >= 15 is 0 Å². The first-order chi connectivity index (χ1) is 13.4. The van der Waals surface area contributed by atoms with Gasteiger partial charge in [0.25, 0.3) is 0 Å². The molecule has 2 aliphatic rings. The van der Waals surface area contributed by atoms with Crippen molar-refractivity contribution in [2.24, 2.45) is 0 Å². The van der Waals surface area contributed by atoms with Crippen LogP contribution in [0.4, 0.5) is 0 Å². The summed E-state index contributed by atoms with van der Waals surface area (Å²) in [6.45, 7) is 3.22. The van der Waals surface area contributed by atoms with Crippen LogP contribution in [0.15, 0.2) is 54.6 Å². The molecule has 0 unspecified atom stereocenters. The number of hydrogen-bond donors (Lipinski definition) is 0. The molecular formula is C26H31N. The van der Waals surface area contributed by atoms with Crippen molar-refractivity contribution in [2.45, 2.75) is 56.8 Å². The van der Waals surface area contributed by atoms with Gasteiger partial charge in [0, 0.05) is 5.56 Å². The summed E-state index contributed by atoms with van der Waals surface area (Å²) in [5.41, 5.74) is 4.18. The summed E-state index contributed by atoms with van der Waals surface area (Å²) in [6, 6.07) is 20.0. The third kappa shape index (κ3) is 5.02. The second kappa shape index (κ2) is 9.25. The number of hydrogen-bond acceptors (Lipinski definition) is 1. The molecule has 0 aromatic heterocycles. The van der Waals surface area contributed by atoms with E-state index in [0.29, 0.717) is 0 Å². The molecule has 1 aliphatic heterocycles. The molecule has 1 aliphatic carbocycles. The van der Waals surface area contributed by atoms with E-state index in [-0.39, 0.29) is 0 Å². The van der Waals surface area contributed by atoms with Crippen LogP contribution < -0.4 is 0 Å². The van der Waals surface area contributed by atoms with Gasteiger partial charge in [0.2, 0.25) is 0 Å². The number of piperidine rings is 1. The second-order valence-electron chi connectivity index (χ2n) is 8.22. The minimum Gasteiger partial charge on any atom is -0.292 e. The van der Waals surface area contributed by atoms with Crippen molar-refractivity contribution in [1.29, 1.82) is 0 Å². The molecule has 2 aromatic rings. The summed E-state index contributed by atoms with van der Waals surface area (Å²) >= 11 is 0. The van der Waals surface area contributed by atoms with Crippen LogP contribution in [0.3, 0.4) is 0 Å².